The van der Waals surface area contributed by atoms with Crippen molar-refractivity contribution in [1.29, 1.82) is 0 Å². The Bertz CT molecular complexity index is 515. The lowest BCUT2D eigenvalue weighted by Crippen LogP contribution is -2.48. The molecule has 1 aliphatic rings. The molecule has 1 amide bonds. The van der Waals surface area contributed by atoms with Crippen LogP contribution in [0.3, 0.4) is 0 Å². The number of anilines is 1. The molecule has 21 heavy (non-hydrogen) atoms. The van der Waals surface area contributed by atoms with Gasteiger partial charge in [-0.3, -0.25) is 4.79 Å². The molecular formula is C14H19ClFN3O2. The monoisotopic (exact) mass is 315 g/mol. The molecule has 1 aromatic rings. The maximum atomic E-state index is 13.2. The standard InChI is InChI=1S/C14H19ClFN3O2/c1-21-8-13(17)14(20)18-9-4-5-19(7-9)10-2-3-12(16)11(15)6-10/h2-3,6,9,13H,4-5,7-8,17H2,1H3,(H,18,20). The van der Waals surface area contributed by atoms with Gasteiger partial charge in [0, 0.05) is 31.9 Å². The number of rotatable bonds is 5. The number of methoxy groups -OCH3 is 1. The summed E-state index contributed by atoms with van der Waals surface area (Å²) in [5.74, 6) is -0.657. The molecule has 0 bridgehead atoms. The number of nitrogens with two attached hydrogens (primary N) is 1. The second-order valence-corrected chi connectivity index (χ2v) is 5.51. The molecule has 1 heterocycles. The molecule has 2 rings (SSSR count). The maximum Gasteiger partial charge on any atom is 0.239 e. The quantitative estimate of drug-likeness (QED) is 0.855. The lowest BCUT2D eigenvalue weighted by atomic mass is 10.2. The van der Waals surface area contributed by atoms with Crippen molar-refractivity contribution in [2.75, 3.05) is 31.7 Å². The Labute approximate surface area is 128 Å². The zero-order valence-corrected chi connectivity index (χ0v) is 12.6. The van der Waals surface area contributed by atoms with Gasteiger partial charge in [0.2, 0.25) is 5.91 Å². The van der Waals surface area contributed by atoms with E-state index in [-0.39, 0.29) is 23.6 Å². The van der Waals surface area contributed by atoms with Crippen LogP contribution in [0.4, 0.5) is 10.1 Å². The highest BCUT2D eigenvalue weighted by atomic mass is 35.5. The predicted octanol–water partition coefficient (Wildman–Crippen LogP) is 1.15. The Morgan fingerprint density at radius 2 is 2.43 bits per heavy atom. The zero-order chi connectivity index (χ0) is 15.4. The van der Waals surface area contributed by atoms with Crippen molar-refractivity contribution in [3.05, 3.63) is 29.0 Å². The van der Waals surface area contributed by atoms with Gasteiger partial charge in [0.05, 0.1) is 11.6 Å². The number of hydrogen-bond acceptors (Lipinski definition) is 4. The fourth-order valence-electron chi connectivity index (χ4n) is 2.36. The molecule has 0 radical (unpaired) electrons. The van der Waals surface area contributed by atoms with Crippen molar-refractivity contribution in [1.82, 2.24) is 5.32 Å². The fourth-order valence-corrected chi connectivity index (χ4v) is 2.53. The first kappa shape index (κ1) is 16.0. The number of ether oxygens (including phenoxy) is 1. The van der Waals surface area contributed by atoms with Crippen LogP contribution in [0.2, 0.25) is 5.02 Å². The molecular weight excluding hydrogens is 297 g/mol. The Morgan fingerprint density at radius 3 is 3.10 bits per heavy atom. The van der Waals surface area contributed by atoms with Crippen LogP contribution < -0.4 is 16.0 Å². The SMILES string of the molecule is COCC(N)C(=O)NC1CCN(c2ccc(F)c(Cl)c2)C1. The zero-order valence-electron chi connectivity index (χ0n) is 11.8. The first-order valence-electron chi connectivity index (χ1n) is 6.76. The number of benzene rings is 1. The van der Waals surface area contributed by atoms with Gasteiger partial charge < -0.3 is 20.7 Å². The molecule has 1 fully saturated rings. The van der Waals surface area contributed by atoms with Crippen molar-refractivity contribution < 1.29 is 13.9 Å². The Hall–Kier alpha value is -1.37. The minimum Gasteiger partial charge on any atom is -0.383 e. The van der Waals surface area contributed by atoms with E-state index in [0.29, 0.717) is 6.54 Å². The average Bonchev–Trinajstić information content (AvgIpc) is 2.90. The average molecular weight is 316 g/mol. The summed E-state index contributed by atoms with van der Waals surface area (Å²) in [7, 11) is 1.50. The summed E-state index contributed by atoms with van der Waals surface area (Å²) < 4.78 is 18.0. The highest BCUT2D eigenvalue weighted by molar-refractivity contribution is 6.31. The van der Waals surface area contributed by atoms with Crippen molar-refractivity contribution >= 4 is 23.2 Å². The number of carbonyl (C=O) groups is 1. The predicted molar refractivity (Wildman–Crippen MR) is 80.0 cm³/mol. The van der Waals surface area contributed by atoms with Gasteiger partial charge in [0.15, 0.2) is 0 Å². The van der Waals surface area contributed by atoms with Gasteiger partial charge in [-0.15, -0.1) is 0 Å². The molecule has 1 aromatic carbocycles. The normalized spacial score (nSPS) is 19.6. The largest absolute Gasteiger partial charge is 0.383 e. The summed E-state index contributed by atoms with van der Waals surface area (Å²) in [5, 5.41) is 3.00. The number of halogens is 2. The number of carbonyl (C=O) groups excluding carboxylic acids is 1. The number of nitrogens with one attached hydrogen (secondary N) is 1. The van der Waals surface area contributed by atoms with Gasteiger partial charge in [0.1, 0.15) is 11.9 Å². The Kier molecular flexibility index (Phi) is 5.39. The summed E-state index contributed by atoms with van der Waals surface area (Å²) in [4.78, 5) is 13.9. The van der Waals surface area contributed by atoms with Crippen LogP contribution in [0.25, 0.3) is 0 Å². The van der Waals surface area contributed by atoms with E-state index in [0.717, 1.165) is 18.7 Å². The first-order chi connectivity index (χ1) is 10.0. The molecule has 2 unspecified atom stereocenters. The summed E-state index contributed by atoms with van der Waals surface area (Å²) in [5.41, 5.74) is 6.52. The second-order valence-electron chi connectivity index (χ2n) is 5.10. The van der Waals surface area contributed by atoms with Crippen LogP contribution in [0.15, 0.2) is 18.2 Å². The van der Waals surface area contributed by atoms with Crippen molar-refractivity contribution in [3.63, 3.8) is 0 Å². The molecule has 0 saturated carbocycles. The number of nitrogens with zero attached hydrogens (tertiary/aromatic N) is 1. The molecule has 0 aromatic heterocycles. The van der Waals surface area contributed by atoms with Crippen LogP contribution in [-0.2, 0) is 9.53 Å². The maximum absolute atomic E-state index is 13.2. The van der Waals surface area contributed by atoms with Gasteiger partial charge in [-0.25, -0.2) is 4.39 Å². The van der Waals surface area contributed by atoms with Gasteiger partial charge >= 0.3 is 0 Å². The van der Waals surface area contributed by atoms with Crippen LogP contribution >= 0.6 is 11.6 Å². The molecule has 3 N–H and O–H groups in total. The summed E-state index contributed by atoms with van der Waals surface area (Å²) >= 11 is 5.79. The minimum absolute atomic E-state index is 0.0178. The van der Waals surface area contributed by atoms with E-state index in [1.807, 2.05) is 0 Å². The molecule has 7 heteroatoms. The van der Waals surface area contributed by atoms with E-state index in [1.54, 1.807) is 12.1 Å². The van der Waals surface area contributed by atoms with Crippen molar-refractivity contribution in [2.24, 2.45) is 5.73 Å². The Morgan fingerprint density at radius 1 is 1.67 bits per heavy atom. The van der Waals surface area contributed by atoms with Crippen LogP contribution in [0.1, 0.15) is 6.42 Å². The van der Waals surface area contributed by atoms with E-state index in [2.05, 4.69) is 10.2 Å². The number of amides is 1. The van der Waals surface area contributed by atoms with Crippen LogP contribution in [-0.4, -0.2) is 44.8 Å². The van der Waals surface area contributed by atoms with Crippen LogP contribution in [0.5, 0.6) is 0 Å². The summed E-state index contributed by atoms with van der Waals surface area (Å²) in [6.07, 6.45) is 0.806. The third kappa shape index (κ3) is 4.06. The summed E-state index contributed by atoms with van der Waals surface area (Å²) in [6, 6.07) is 3.98. The van der Waals surface area contributed by atoms with E-state index >= 15 is 0 Å². The van der Waals surface area contributed by atoms with E-state index in [4.69, 9.17) is 22.1 Å². The molecule has 116 valence electrons. The Balaban J connectivity index is 1.91. The number of hydrogen-bond donors (Lipinski definition) is 2. The van der Waals surface area contributed by atoms with Crippen molar-refractivity contribution in [2.45, 2.75) is 18.5 Å². The van der Waals surface area contributed by atoms with E-state index < -0.39 is 11.9 Å². The van der Waals surface area contributed by atoms with E-state index in [1.165, 1.54) is 13.2 Å². The third-order valence-electron chi connectivity index (χ3n) is 3.49. The van der Waals surface area contributed by atoms with Gasteiger partial charge in [-0.05, 0) is 24.6 Å². The highest BCUT2D eigenvalue weighted by Crippen LogP contribution is 2.25. The third-order valence-corrected chi connectivity index (χ3v) is 3.78. The molecule has 5 nitrogen and oxygen atoms in total. The molecule has 1 saturated heterocycles. The lowest BCUT2D eigenvalue weighted by Gasteiger charge is -2.20. The second kappa shape index (κ2) is 7.06. The lowest BCUT2D eigenvalue weighted by molar-refractivity contribution is -0.124. The highest BCUT2D eigenvalue weighted by Gasteiger charge is 2.26. The van der Waals surface area contributed by atoms with Gasteiger partial charge in [0.25, 0.3) is 0 Å². The van der Waals surface area contributed by atoms with Gasteiger partial charge in [-0.2, -0.15) is 0 Å². The molecule has 2 atom stereocenters. The topological polar surface area (TPSA) is 67.6 Å². The molecule has 0 aliphatic carbocycles. The van der Waals surface area contributed by atoms with Crippen molar-refractivity contribution in [3.8, 4) is 0 Å². The first-order valence-corrected chi connectivity index (χ1v) is 7.14. The molecule has 1 aliphatic heterocycles. The smallest absolute Gasteiger partial charge is 0.239 e. The van der Waals surface area contributed by atoms with E-state index in [9.17, 15) is 9.18 Å². The van der Waals surface area contributed by atoms with Crippen LogP contribution in [0, 0.1) is 5.82 Å². The van der Waals surface area contributed by atoms with Gasteiger partial charge in [-0.1, -0.05) is 11.6 Å². The fraction of sp³-hybridized carbons (Fsp3) is 0.500. The minimum atomic E-state index is -0.663. The summed E-state index contributed by atoms with van der Waals surface area (Å²) in [6.45, 7) is 1.61. The molecule has 0 spiro atoms.